The van der Waals surface area contributed by atoms with Crippen LogP contribution in [0.2, 0.25) is 5.02 Å². The zero-order valence-corrected chi connectivity index (χ0v) is 10.8. The van der Waals surface area contributed by atoms with E-state index in [-0.39, 0.29) is 6.04 Å². The van der Waals surface area contributed by atoms with Crippen molar-refractivity contribution in [3.63, 3.8) is 0 Å². The Morgan fingerprint density at radius 2 is 1.65 bits per heavy atom. The number of hydrogen-bond acceptors (Lipinski definition) is 1. The van der Waals surface area contributed by atoms with Gasteiger partial charge in [0, 0.05) is 5.02 Å². The van der Waals surface area contributed by atoms with Crippen molar-refractivity contribution < 1.29 is 0 Å². The second-order valence-electron chi connectivity index (χ2n) is 4.39. The summed E-state index contributed by atoms with van der Waals surface area (Å²) >= 11 is 5.87. The van der Waals surface area contributed by atoms with E-state index < -0.39 is 0 Å². The summed E-state index contributed by atoms with van der Waals surface area (Å²) in [7, 11) is 0. The fourth-order valence-electron chi connectivity index (χ4n) is 2.02. The smallest absolute Gasteiger partial charge is 0.0554 e. The molecule has 2 heteroatoms. The lowest BCUT2D eigenvalue weighted by molar-refractivity contribution is 0.861. The van der Waals surface area contributed by atoms with Crippen molar-refractivity contribution in [3.05, 3.63) is 69.7 Å². The van der Waals surface area contributed by atoms with Gasteiger partial charge in [0.05, 0.1) is 6.04 Å². The van der Waals surface area contributed by atoms with Gasteiger partial charge >= 0.3 is 0 Å². The lowest BCUT2D eigenvalue weighted by Crippen LogP contribution is -2.13. The Morgan fingerprint density at radius 1 is 1.00 bits per heavy atom. The highest BCUT2D eigenvalue weighted by Crippen LogP contribution is 2.24. The van der Waals surface area contributed by atoms with E-state index in [2.05, 4.69) is 32.0 Å². The average Bonchev–Trinajstić information content (AvgIpc) is 2.29. The van der Waals surface area contributed by atoms with Crippen LogP contribution in [0.25, 0.3) is 0 Å². The first-order valence-electron chi connectivity index (χ1n) is 5.66. The van der Waals surface area contributed by atoms with E-state index in [1.807, 2.05) is 24.3 Å². The third-order valence-corrected chi connectivity index (χ3v) is 3.24. The van der Waals surface area contributed by atoms with Crippen LogP contribution >= 0.6 is 11.6 Å². The molecule has 0 saturated carbocycles. The molecule has 1 atom stereocenters. The Kier molecular flexibility index (Phi) is 3.51. The van der Waals surface area contributed by atoms with Crippen molar-refractivity contribution in [3.8, 4) is 0 Å². The highest BCUT2D eigenvalue weighted by molar-refractivity contribution is 6.30. The summed E-state index contributed by atoms with van der Waals surface area (Å²) in [5.41, 5.74) is 11.0. The highest BCUT2D eigenvalue weighted by atomic mass is 35.5. The maximum Gasteiger partial charge on any atom is 0.0554 e. The molecule has 0 bridgehead atoms. The lowest BCUT2D eigenvalue weighted by Gasteiger charge is -2.15. The van der Waals surface area contributed by atoms with Gasteiger partial charge in [-0.15, -0.1) is 0 Å². The number of halogens is 1. The van der Waals surface area contributed by atoms with Gasteiger partial charge in [-0.3, -0.25) is 0 Å². The molecule has 2 aromatic rings. The molecule has 0 radical (unpaired) electrons. The fourth-order valence-corrected chi connectivity index (χ4v) is 2.15. The number of benzene rings is 2. The van der Waals surface area contributed by atoms with Gasteiger partial charge in [0.1, 0.15) is 0 Å². The fraction of sp³-hybridized carbons (Fsp3) is 0.200. The molecule has 0 aromatic heterocycles. The molecule has 1 nitrogen and oxygen atoms in total. The first-order chi connectivity index (χ1) is 8.08. The third-order valence-electron chi connectivity index (χ3n) is 2.99. The van der Waals surface area contributed by atoms with Gasteiger partial charge in [0.15, 0.2) is 0 Å². The molecule has 2 N–H and O–H groups in total. The van der Waals surface area contributed by atoms with Crippen molar-refractivity contribution in [1.82, 2.24) is 0 Å². The average molecular weight is 246 g/mol. The van der Waals surface area contributed by atoms with Gasteiger partial charge in [0.2, 0.25) is 0 Å². The number of rotatable bonds is 2. The maximum absolute atomic E-state index is 6.27. The molecule has 2 rings (SSSR count). The predicted molar refractivity (Wildman–Crippen MR) is 73.4 cm³/mol. The monoisotopic (exact) mass is 245 g/mol. The van der Waals surface area contributed by atoms with Crippen LogP contribution in [0.5, 0.6) is 0 Å². The standard InChI is InChI=1S/C15H16ClN/c1-10-3-8-14(11(2)9-10)15(17)12-4-6-13(16)7-5-12/h3-9,15H,17H2,1-2H3. The summed E-state index contributed by atoms with van der Waals surface area (Å²) < 4.78 is 0. The molecule has 0 aliphatic heterocycles. The Bertz CT molecular complexity index is 517. The Labute approximate surface area is 107 Å². The minimum Gasteiger partial charge on any atom is -0.320 e. The number of nitrogens with two attached hydrogens (primary N) is 1. The largest absolute Gasteiger partial charge is 0.320 e. The summed E-state index contributed by atoms with van der Waals surface area (Å²) in [5.74, 6) is 0. The molecule has 0 saturated heterocycles. The molecule has 0 spiro atoms. The van der Waals surface area contributed by atoms with E-state index in [0.717, 1.165) is 16.1 Å². The molecular formula is C15H16ClN. The summed E-state index contributed by atoms with van der Waals surface area (Å²) in [6.45, 7) is 4.18. The van der Waals surface area contributed by atoms with E-state index in [1.54, 1.807) is 0 Å². The molecule has 2 aromatic carbocycles. The molecule has 1 unspecified atom stereocenters. The van der Waals surface area contributed by atoms with Crippen LogP contribution in [0.4, 0.5) is 0 Å². The predicted octanol–water partition coefficient (Wildman–Crippen LogP) is 4.00. The SMILES string of the molecule is Cc1ccc(C(N)c2ccc(Cl)cc2)c(C)c1. The lowest BCUT2D eigenvalue weighted by atomic mass is 9.95. The molecule has 0 heterocycles. The van der Waals surface area contributed by atoms with Gasteiger partial charge in [-0.1, -0.05) is 47.5 Å². The van der Waals surface area contributed by atoms with E-state index in [0.29, 0.717) is 0 Å². The molecule has 88 valence electrons. The van der Waals surface area contributed by atoms with Gasteiger partial charge in [-0.25, -0.2) is 0 Å². The van der Waals surface area contributed by atoms with Crippen LogP contribution in [-0.4, -0.2) is 0 Å². The molecule has 0 fully saturated rings. The quantitative estimate of drug-likeness (QED) is 0.850. The van der Waals surface area contributed by atoms with Gasteiger partial charge in [-0.05, 0) is 42.7 Å². The van der Waals surface area contributed by atoms with Crippen molar-refractivity contribution >= 4 is 11.6 Å². The molecule has 17 heavy (non-hydrogen) atoms. The Hall–Kier alpha value is -1.31. The van der Waals surface area contributed by atoms with E-state index in [9.17, 15) is 0 Å². The van der Waals surface area contributed by atoms with E-state index >= 15 is 0 Å². The first kappa shape index (κ1) is 12.2. The zero-order valence-electron chi connectivity index (χ0n) is 10.1. The van der Waals surface area contributed by atoms with Crippen LogP contribution in [-0.2, 0) is 0 Å². The second kappa shape index (κ2) is 4.91. The third kappa shape index (κ3) is 2.68. The number of aryl methyl sites for hydroxylation is 2. The van der Waals surface area contributed by atoms with Gasteiger partial charge in [0.25, 0.3) is 0 Å². The highest BCUT2D eigenvalue weighted by Gasteiger charge is 2.11. The summed E-state index contributed by atoms with van der Waals surface area (Å²) in [6, 6.07) is 14.0. The molecule has 0 aliphatic rings. The van der Waals surface area contributed by atoms with Gasteiger partial charge < -0.3 is 5.73 Å². The molecule has 0 amide bonds. The van der Waals surface area contributed by atoms with Gasteiger partial charge in [-0.2, -0.15) is 0 Å². The van der Waals surface area contributed by atoms with Crippen LogP contribution in [0, 0.1) is 13.8 Å². The second-order valence-corrected chi connectivity index (χ2v) is 4.83. The normalized spacial score (nSPS) is 12.5. The minimum atomic E-state index is -0.0899. The first-order valence-corrected chi connectivity index (χ1v) is 6.04. The molecule has 0 aliphatic carbocycles. The van der Waals surface area contributed by atoms with Crippen LogP contribution in [0.3, 0.4) is 0 Å². The van der Waals surface area contributed by atoms with E-state index in [4.69, 9.17) is 17.3 Å². The Morgan fingerprint density at radius 3 is 2.24 bits per heavy atom. The topological polar surface area (TPSA) is 26.0 Å². The van der Waals surface area contributed by atoms with Crippen molar-refractivity contribution in [2.24, 2.45) is 5.73 Å². The summed E-state index contributed by atoms with van der Waals surface area (Å²) in [6.07, 6.45) is 0. The van der Waals surface area contributed by atoms with Crippen molar-refractivity contribution in [2.45, 2.75) is 19.9 Å². The van der Waals surface area contributed by atoms with Crippen LogP contribution in [0.15, 0.2) is 42.5 Å². The van der Waals surface area contributed by atoms with Crippen LogP contribution < -0.4 is 5.73 Å². The van der Waals surface area contributed by atoms with Crippen molar-refractivity contribution in [1.29, 1.82) is 0 Å². The van der Waals surface area contributed by atoms with Crippen LogP contribution in [0.1, 0.15) is 28.3 Å². The Balaban J connectivity index is 2.36. The van der Waals surface area contributed by atoms with Crippen molar-refractivity contribution in [2.75, 3.05) is 0 Å². The molecular weight excluding hydrogens is 230 g/mol. The summed E-state index contributed by atoms with van der Waals surface area (Å²) in [4.78, 5) is 0. The number of hydrogen-bond donors (Lipinski definition) is 1. The zero-order chi connectivity index (χ0) is 12.4. The minimum absolute atomic E-state index is 0.0899. The summed E-state index contributed by atoms with van der Waals surface area (Å²) in [5, 5.41) is 0.738. The van der Waals surface area contributed by atoms with E-state index in [1.165, 1.54) is 11.1 Å². The maximum atomic E-state index is 6.27.